The SMILES string of the molecule is c1ccc(-c2nc(-c3ccccc3)nc(-c3ccc4c(c3)n3c5ccccc5c5cccc(c6cccc7c8ccccc8n4c76)c53)n2)cc1. The van der Waals surface area contributed by atoms with E-state index in [0.717, 1.165) is 33.2 Å². The summed E-state index contributed by atoms with van der Waals surface area (Å²) in [6.45, 7) is 0. The number of rotatable bonds is 3. The Morgan fingerprint density at radius 1 is 0.280 bits per heavy atom. The zero-order valence-electron chi connectivity index (χ0n) is 26.8. The number of hydrogen-bond acceptors (Lipinski definition) is 3. The molecule has 11 aromatic rings. The summed E-state index contributed by atoms with van der Waals surface area (Å²) in [5, 5.41) is 7.37. The van der Waals surface area contributed by atoms with Gasteiger partial charge in [-0.1, -0.05) is 133 Å². The first-order chi connectivity index (χ1) is 24.8. The molecule has 0 saturated heterocycles. The maximum absolute atomic E-state index is 5.11. The maximum atomic E-state index is 5.11. The van der Waals surface area contributed by atoms with E-state index in [4.69, 9.17) is 15.0 Å². The lowest BCUT2D eigenvalue weighted by Gasteiger charge is -2.13. The highest BCUT2D eigenvalue weighted by Gasteiger charge is 2.20. The largest absolute Gasteiger partial charge is 0.307 e. The Balaban J connectivity index is 1.35. The molecule has 0 fully saturated rings. The molecule has 0 N–H and O–H groups in total. The minimum absolute atomic E-state index is 0.631. The predicted octanol–water partition coefficient (Wildman–Crippen LogP) is 11.1. The van der Waals surface area contributed by atoms with Gasteiger partial charge in [0.1, 0.15) is 0 Å². The minimum Gasteiger partial charge on any atom is -0.307 e. The number of nitrogens with zero attached hydrogens (tertiary/aromatic N) is 5. The van der Waals surface area contributed by atoms with E-state index < -0.39 is 0 Å². The molecule has 4 aromatic heterocycles. The van der Waals surface area contributed by atoms with E-state index in [1.807, 2.05) is 60.7 Å². The molecule has 0 aliphatic carbocycles. The quantitative estimate of drug-likeness (QED) is 0.194. The summed E-state index contributed by atoms with van der Waals surface area (Å²) in [6, 6.07) is 57.9. The van der Waals surface area contributed by atoms with Crippen molar-refractivity contribution in [3.05, 3.63) is 164 Å². The Hall–Kier alpha value is -6.85. The number of aromatic nitrogens is 5. The second-order valence-electron chi connectivity index (χ2n) is 12.9. The Morgan fingerprint density at radius 2 is 0.680 bits per heavy atom. The summed E-state index contributed by atoms with van der Waals surface area (Å²) in [5.74, 6) is 1.92. The molecular weight excluding hydrogens is 611 g/mol. The minimum atomic E-state index is 0.631. The van der Waals surface area contributed by atoms with E-state index in [9.17, 15) is 0 Å². The van der Waals surface area contributed by atoms with Gasteiger partial charge >= 0.3 is 0 Å². The van der Waals surface area contributed by atoms with Gasteiger partial charge in [-0.05, 0) is 30.3 Å². The first kappa shape index (κ1) is 27.1. The van der Waals surface area contributed by atoms with Gasteiger partial charge in [0.05, 0.1) is 33.1 Å². The molecule has 0 amide bonds. The smallest absolute Gasteiger partial charge is 0.164 e. The summed E-state index contributed by atoms with van der Waals surface area (Å²) in [5.41, 5.74) is 9.73. The van der Waals surface area contributed by atoms with E-state index in [1.165, 1.54) is 48.9 Å². The lowest BCUT2D eigenvalue weighted by atomic mass is 10.0. The topological polar surface area (TPSA) is 47.5 Å². The fourth-order valence-corrected chi connectivity index (χ4v) is 7.94. The summed E-state index contributed by atoms with van der Waals surface area (Å²) in [4.78, 5) is 15.2. The maximum Gasteiger partial charge on any atom is 0.164 e. The van der Waals surface area contributed by atoms with E-state index in [-0.39, 0.29) is 0 Å². The molecule has 0 atom stereocenters. The Bertz CT molecular complexity index is 3080. The average molecular weight is 638 g/mol. The van der Waals surface area contributed by atoms with Crippen LogP contribution in [0.5, 0.6) is 0 Å². The highest BCUT2D eigenvalue weighted by Crippen LogP contribution is 2.41. The molecule has 0 bridgehead atoms. The predicted molar refractivity (Wildman–Crippen MR) is 206 cm³/mol. The molecule has 0 radical (unpaired) electrons. The number of hydrogen-bond donors (Lipinski definition) is 0. The molecule has 4 heterocycles. The highest BCUT2D eigenvalue weighted by molar-refractivity contribution is 6.25. The average Bonchev–Trinajstić information content (AvgIpc) is 3.71. The van der Waals surface area contributed by atoms with Gasteiger partial charge in [-0.3, -0.25) is 0 Å². The van der Waals surface area contributed by atoms with Crippen LogP contribution in [0.25, 0.3) is 99.6 Å². The van der Waals surface area contributed by atoms with Crippen molar-refractivity contribution in [1.82, 2.24) is 23.8 Å². The molecule has 0 saturated carbocycles. The van der Waals surface area contributed by atoms with Crippen molar-refractivity contribution in [3.8, 4) is 34.2 Å². The van der Waals surface area contributed by atoms with Gasteiger partial charge < -0.3 is 8.80 Å². The van der Waals surface area contributed by atoms with Gasteiger partial charge in [-0.15, -0.1) is 0 Å². The van der Waals surface area contributed by atoms with Gasteiger partial charge in [-0.25, -0.2) is 15.0 Å². The van der Waals surface area contributed by atoms with Crippen molar-refractivity contribution < 1.29 is 0 Å². The van der Waals surface area contributed by atoms with Crippen molar-refractivity contribution in [1.29, 1.82) is 0 Å². The van der Waals surface area contributed by atoms with Crippen LogP contribution < -0.4 is 0 Å². The van der Waals surface area contributed by atoms with Gasteiger partial charge in [0, 0.05) is 49.0 Å². The summed E-state index contributed by atoms with van der Waals surface area (Å²) < 4.78 is 4.90. The number of fused-ring (bicyclic) bond motifs is 10. The van der Waals surface area contributed by atoms with Crippen molar-refractivity contribution >= 4 is 65.4 Å². The van der Waals surface area contributed by atoms with E-state index >= 15 is 0 Å². The lowest BCUT2D eigenvalue weighted by Crippen LogP contribution is -2.01. The standard InChI is InChI=1S/C45H27N5/c1-3-13-28(14-4-1)43-46-44(29-15-5-2-6-16-29)48-45(47-43)30-25-26-39-40(27-30)50-38-24-10-8-18-32(38)34-20-12-22-36(42(34)50)35-21-11-19-33-31-17-7-9-23-37(31)49(39)41(33)35/h1-27H. The Kier molecular flexibility index (Phi) is 5.60. The van der Waals surface area contributed by atoms with Crippen molar-refractivity contribution in [2.75, 3.05) is 0 Å². The van der Waals surface area contributed by atoms with Gasteiger partial charge in [0.15, 0.2) is 17.5 Å². The third-order valence-corrected chi connectivity index (χ3v) is 10.1. The van der Waals surface area contributed by atoms with Gasteiger partial charge in [0.25, 0.3) is 0 Å². The molecular formula is C45H27N5. The lowest BCUT2D eigenvalue weighted by molar-refractivity contribution is 1.07. The first-order valence-corrected chi connectivity index (χ1v) is 16.9. The Labute approximate surface area is 286 Å². The second kappa shape index (κ2) is 10.3. The molecule has 0 unspecified atom stereocenters. The van der Waals surface area contributed by atoms with Crippen molar-refractivity contribution in [2.45, 2.75) is 0 Å². The van der Waals surface area contributed by atoms with Crippen LogP contribution in [0.4, 0.5) is 0 Å². The molecule has 0 aliphatic heterocycles. The van der Waals surface area contributed by atoms with Gasteiger partial charge in [-0.2, -0.15) is 0 Å². The van der Waals surface area contributed by atoms with E-state index in [1.54, 1.807) is 0 Å². The molecule has 5 heteroatoms. The molecule has 5 nitrogen and oxygen atoms in total. The molecule has 0 spiro atoms. The second-order valence-corrected chi connectivity index (χ2v) is 12.9. The van der Waals surface area contributed by atoms with Crippen LogP contribution in [0, 0.1) is 0 Å². The monoisotopic (exact) mass is 637 g/mol. The zero-order valence-corrected chi connectivity index (χ0v) is 26.8. The zero-order chi connectivity index (χ0) is 32.8. The molecule has 11 rings (SSSR count). The van der Waals surface area contributed by atoms with Crippen LogP contribution in [-0.2, 0) is 0 Å². The normalized spacial score (nSPS) is 12.0. The number of benzene rings is 7. The highest BCUT2D eigenvalue weighted by atomic mass is 15.0. The summed E-state index contributed by atoms with van der Waals surface area (Å²) in [7, 11) is 0. The van der Waals surface area contributed by atoms with Crippen LogP contribution in [0.2, 0.25) is 0 Å². The third kappa shape index (κ3) is 3.80. The molecule has 7 aromatic carbocycles. The van der Waals surface area contributed by atoms with Crippen molar-refractivity contribution in [2.24, 2.45) is 0 Å². The molecule has 232 valence electrons. The summed E-state index contributed by atoms with van der Waals surface area (Å²) in [6.07, 6.45) is 0. The number of para-hydroxylation sites is 4. The fourth-order valence-electron chi connectivity index (χ4n) is 7.94. The van der Waals surface area contributed by atoms with Crippen LogP contribution in [0.3, 0.4) is 0 Å². The fraction of sp³-hybridized carbons (Fsp3) is 0. The van der Waals surface area contributed by atoms with E-state index in [0.29, 0.717) is 17.5 Å². The van der Waals surface area contributed by atoms with E-state index in [2.05, 4.69) is 112 Å². The Morgan fingerprint density at radius 3 is 1.20 bits per heavy atom. The van der Waals surface area contributed by atoms with Crippen LogP contribution in [-0.4, -0.2) is 23.8 Å². The van der Waals surface area contributed by atoms with Gasteiger partial charge in [0.2, 0.25) is 0 Å². The molecule has 50 heavy (non-hydrogen) atoms. The molecule has 0 aliphatic rings. The van der Waals surface area contributed by atoms with Crippen molar-refractivity contribution in [3.63, 3.8) is 0 Å². The van der Waals surface area contributed by atoms with Crippen LogP contribution in [0.15, 0.2) is 164 Å². The third-order valence-electron chi connectivity index (χ3n) is 10.1. The van der Waals surface area contributed by atoms with Crippen LogP contribution in [0.1, 0.15) is 0 Å². The van der Waals surface area contributed by atoms with Crippen LogP contribution >= 0.6 is 0 Å². The first-order valence-electron chi connectivity index (χ1n) is 16.9. The summed E-state index contributed by atoms with van der Waals surface area (Å²) >= 11 is 0.